The highest BCUT2D eigenvalue weighted by molar-refractivity contribution is 7.27. The zero-order valence-corrected chi connectivity index (χ0v) is 25.6. The van der Waals surface area contributed by atoms with Crippen LogP contribution in [0.3, 0.4) is 0 Å². The van der Waals surface area contributed by atoms with Gasteiger partial charge in [-0.3, -0.25) is 4.57 Å². The number of nitrogens with zero attached hydrogens (tertiary/aromatic N) is 3. The first kappa shape index (κ1) is 25.0. The Hall–Kier alpha value is -5.36. The van der Waals surface area contributed by atoms with E-state index in [2.05, 4.69) is 144 Å². The van der Waals surface area contributed by atoms with Gasteiger partial charge in [0.05, 0.1) is 27.1 Å². The van der Waals surface area contributed by atoms with Crippen molar-refractivity contribution in [1.82, 2.24) is 14.5 Å². The molecule has 210 valence electrons. The second-order valence-corrected chi connectivity index (χ2v) is 13.5. The first-order valence-corrected chi connectivity index (χ1v) is 16.6. The molecule has 45 heavy (non-hydrogen) atoms. The number of benzene rings is 6. The highest BCUT2D eigenvalue weighted by Crippen LogP contribution is 2.44. The maximum absolute atomic E-state index is 5.42. The first-order chi connectivity index (χ1) is 22.3. The van der Waals surface area contributed by atoms with Gasteiger partial charge in [0.25, 0.3) is 0 Å². The molecule has 0 saturated carbocycles. The second-order valence-electron chi connectivity index (χ2n) is 11.4. The van der Waals surface area contributed by atoms with E-state index in [9.17, 15) is 0 Å². The summed E-state index contributed by atoms with van der Waals surface area (Å²) in [6.45, 7) is 0. The molecule has 0 saturated heterocycles. The summed E-state index contributed by atoms with van der Waals surface area (Å²) < 4.78 is 7.37. The normalized spacial score (nSPS) is 12.0. The predicted octanol–water partition coefficient (Wildman–Crippen LogP) is 11.6. The quantitative estimate of drug-likeness (QED) is 0.199. The third-order valence-corrected chi connectivity index (χ3v) is 11.3. The summed E-state index contributed by atoms with van der Waals surface area (Å²) in [7, 11) is 0. The zero-order valence-electron chi connectivity index (χ0n) is 23.9. The van der Waals surface area contributed by atoms with Gasteiger partial charge in [-0.1, -0.05) is 115 Å². The fourth-order valence-corrected chi connectivity index (χ4v) is 9.28. The molecule has 0 unspecified atom stereocenters. The Morgan fingerprint density at radius 1 is 0.444 bits per heavy atom. The van der Waals surface area contributed by atoms with Crippen molar-refractivity contribution >= 4 is 84.8 Å². The topological polar surface area (TPSA) is 30.7 Å². The van der Waals surface area contributed by atoms with Gasteiger partial charge in [0, 0.05) is 57.5 Å². The van der Waals surface area contributed by atoms with Crippen molar-refractivity contribution in [3.63, 3.8) is 0 Å². The van der Waals surface area contributed by atoms with Gasteiger partial charge >= 0.3 is 0 Å². The van der Waals surface area contributed by atoms with Gasteiger partial charge in [-0.25, -0.2) is 9.97 Å². The van der Waals surface area contributed by atoms with Crippen molar-refractivity contribution in [2.75, 3.05) is 0 Å². The molecule has 3 nitrogen and oxygen atoms in total. The van der Waals surface area contributed by atoms with Crippen molar-refractivity contribution in [3.05, 3.63) is 140 Å². The molecular weight excluding hydrogens is 587 g/mol. The van der Waals surface area contributed by atoms with Gasteiger partial charge in [-0.15, -0.1) is 22.7 Å². The summed E-state index contributed by atoms with van der Waals surface area (Å²) in [5.41, 5.74) is 6.29. The van der Waals surface area contributed by atoms with Crippen molar-refractivity contribution in [2.45, 2.75) is 0 Å². The van der Waals surface area contributed by atoms with Crippen LogP contribution in [0.1, 0.15) is 0 Å². The van der Waals surface area contributed by atoms with Gasteiger partial charge in [-0.2, -0.15) is 0 Å². The van der Waals surface area contributed by atoms with Gasteiger partial charge in [0.1, 0.15) is 0 Å². The van der Waals surface area contributed by atoms with Crippen molar-refractivity contribution in [3.8, 4) is 28.5 Å². The molecule has 0 bridgehead atoms. The van der Waals surface area contributed by atoms with E-state index in [4.69, 9.17) is 9.97 Å². The smallest absolute Gasteiger partial charge is 0.235 e. The average molecular weight is 610 g/mol. The van der Waals surface area contributed by atoms with E-state index in [1.165, 1.54) is 51.1 Å². The van der Waals surface area contributed by atoms with E-state index in [0.29, 0.717) is 5.95 Å². The molecule has 0 amide bonds. The average Bonchev–Trinajstić information content (AvgIpc) is 3.78. The Bertz CT molecular complexity index is 2770. The molecule has 10 rings (SSSR count). The fourth-order valence-electron chi connectivity index (χ4n) is 6.82. The third kappa shape index (κ3) is 3.69. The molecule has 4 aromatic heterocycles. The fraction of sp³-hybridized carbons (Fsp3) is 0. The van der Waals surface area contributed by atoms with Crippen LogP contribution in [0.25, 0.3) is 90.6 Å². The maximum atomic E-state index is 5.42. The Balaban J connectivity index is 1.34. The standard InChI is InChI=1S/C40H23N3S2/c1-2-11-24(12-3-1)32-23-33(31-17-10-16-29-26-14-5-8-19-35(26)44-38(29)31)42-40(41-32)43-34-18-7-4-13-25(34)28-21-22-30-27-15-6-9-20-36(27)45-39(30)37(28)43/h1-23H. The van der Waals surface area contributed by atoms with Gasteiger partial charge in [-0.05, 0) is 24.3 Å². The Kier molecular flexibility index (Phi) is 5.32. The van der Waals surface area contributed by atoms with Gasteiger partial charge < -0.3 is 0 Å². The second kappa shape index (κ2) is 9.57. The minimum atomic E-state index is 0.681. The Morgan fingerprint density at radius 2 is 1.04 bits per heavy atom. The van der Waals surface area contributed by atoms with Crippen molar-refractivity contribution in [2.24, 2.45) is 0 Å². The number of thiophene rings is 2. The lowest BCUT2D eigenvalue weighted by molar-refractivity contribution is 0.999. The number of hydrogen-bond acceptors (Lipinski definition) is 4. The van der Waals surface area contributed by atoms with Crippen LogP contribution in [-0.4, -0.2) is 14.5 Å². The van der Waals surface area contributed by atoms with Crippen LogP contribution in [0.2, 0.25) is 0 Å². The summed E-state index contributed by atoms with van der Waals surface area (Å²) in [6.07, 6.45) is 0. The molecule has 4 heterocycles. The van der Waals surface area contributed by atoms with Crippen LogP contribution in [-0.2, 0) is 0 Å². The molecule has 0 radical (unpaired) electrons. The summed E-state index contributed by atoms with van der Waals surface area (Å²) in [4.78, 5) is 10.7. The van der Waals surface area contributed by atoms with Crippen LogP contribution in [0.15, 0.2) is 140 Å². The van der Waals surface area contributed by atoms with E-state index in [0.717, 1.165) is 33.5 Å². The highest BCUT2D eigenvalue weighted by Gasteiger charge is 2.21. The van der Waals surface area contributed by atoms with Crippen LogP contribution in [0.4, 0.5) is 0 Å². The highest BCUT2D eigenvalue weighted by atomic mass is 32.1. The molecule has 0 aliphatic rings. The molecule has 0 fully saturated rings. The molecule has 0 atom stereocenters. The van der Waals surface area contributed by atoms with Crippen molar-refractivity contribution in [1.29, 1.82) is 0 Å². The SMILES string of the molecule is c1ccc(-c2cc(-c3cccc4c3sc3ccccc34)nc(-n3c4ccccc4c4ccc5c6ccccc6sc5c43)n2)cc1. The zero-order chi connectivity index (χ0) is 29.5. The molecule has 0 N–H and O–H groups in total. The number of aromatic nitrogens is 3. The molecule has 0 spiro atoms. The third-order valence-electron chi connectivity index (χ3n) is 8.84. The first-order valence-electron chi connectivity index (χ1n) is 15.0. The van der Waals surface area contributed by atoms with E-state index in [-0.39, 0.29) is 0 Å². The number of hydrogen-bond donors (Lipinski definition) is 0. The maximum Gasteiger partial charge on any atom is 0.235 e. The summed E-state index contributed by atoms with van der Waals surface area (Å²) in [5.74, 6) is 0.681. The van der Waals surface area contributed by atoms with E-state index in [1.807, 2.05) is 22.7 Å². The van der Waals surface area contributed by atoms with Crippen molar-refractivity contribution < 1.29 is 0 Å². The monoisotopic (exact) mass is 609 g/mol. The number of para-hydroxylation sites is 1. The van der Waals surface area contributed by atoms with E-state index in [1.54, 1.807) is 0 Å². The summed E-state index contributed by atoms with van der Waals surface area (Å²) >= 11 is 3.68. The van der Waals surface area contributed by atoms with Gasteiger partial charge in [0.2, 0.25) is 5.95 Å². The molecule has 0 aliphatic carbocycles. The summed E-state index contributed by atoms with van der Waals surface area (Å²) in [5, 5.41) is 7.51. The molecule has 5 heteroatoms. The lowest BCUT2D eigenvalue weighted by Gasteiger charge is -2.12. The van der Waals surface area contributed by atoms with Gasteiger partial charge in [0.15, 0.2) is 0 Å². The van der Waals surface area contributed by atoms with Crippen LogP contribution in [0, 0.1) is 0 Å². The summed E-state index contributed by atoms with van der Waals surface area (Å²) in [6, 6.07) is 49.7. The molecular formula is C40H23N3S2. The van der Waals surface area contributed by atoms with E-state index >= 15 is 0 Å². The molecule has 10 aromatic rings. The van der Waals surface area contributed by atoms with Crippen LogP contribution < -0.4 is 0 Å². The Labute approximate surface area is 266 Å². The minimum absolute atomic E-state index is 0.681. The minimum Gasteiger partial charge on any atom is -0.276 e. The molecule has 0 aliphatic heterocycles. The Morgan fingerprint density at radius 3 is 1.84 bits per heavy atom. The van der Waals surface area contributed by atoms with Crippen LogP contribution in [0.5, 0.6) is 0 Å². The molecule has 6 aromatic carbocycles. The number of rotatable bonds is 3. The van der Waals surface area contributed by atoms with E-state index < -0.39 is 0 Å². The number of fused-ring (bicyclic) bond motifs is 10. The predicted molar refractivity (Wildman–Crippen MR) is 193 cm³/mol. The lowest BCUT2D eigenvalue weighted by Crippen LogP contribution is -2.04. The lowest BCUT2D eigenvalue weighted by atomic mass is 10.0. The van der Waals surface area contributed by atoms with Crippen LogP contribution >= 0.6 is 22.7 Å². The largest absolute Gasteiger partial charge is 0.276 e.